The minimum absolute atomic E-state index is 0.367. The molecule has 0 saturated heterocycles. The quantitative estimate of drug-likeness (QED) is 0.829. The lowest BCUT2D eigenvalue weighted by atomic mass is 10.1. The maximum absolute atomic E-state index is 11.6. The molecule has 0 heterocycles. The second-order valence-corrected chi connectivity index (χ2v) is 5.39. The molecule has 0 spiro atoms. The van der Waals surface area contributed by atoms with Gasteiger partial charge in [0.25, 0.3) is 0 Å². The van der Waals surface area contributed by atoms with Crippen LogP contribution >= 0.6 is 23.2 Å². The fourth-order valence-electron chi connectivity index (χ4n) is 1.94. The fourth-order valence-corrected chi connectivity index (χ4v) is 2.47. The van der Waals surface area contributed by atoms with Crippen molar-refractivity contribution in [3.8, 4) is 0 Å². The first-order valence-corrected chi connectivity index (χ1v) is 7.14. The van der Waals surface area contributed by atoms with Gasteiger partial charge in [-0.2, -0.15) is 0 Å². The highest BCUT2D eigenvalue weighted by molar-refractivity contribution is 6.36. The molecule has 3 nitrogen and oxygen atoms in total. The normalized spacial score (nSPS) is 10.3. The van der Waals surface area contributed by atoms with Crippen LogP contribution in [0, 0.1) is 6.92 Å². The average Bonchev–Trinajstić information content (AvgIpc) is 2.47. The van der Waals surface area contributed by atoms with E-state index in [1.165, 1.54) is 7.11 Å². The van der Waals surface area contributed by atoms with Crippen molar-refractivity contribution in [2.45, 2.75) is 13.5 Å². The molecule has 0 aromatic heterocycles. The lowest BCUT2D eigenvalue weighted by molar-refractivity contribution is 0.0601. The van der Waals surface area contributed by atoms with Crippen molar-refractivity contribution in [3.05, 3.63) is 63.1 Å². The molecule has 0 fully saturated rings. The van der Waals surface area contributed by atoms with Gasteiger partial charge in [0.2, 0.25) is 0 Å². The van der Waals surface area contributed by atoms with Crippen LogP contribution in [-0.4, -0.2) is 13.1 Å². The Hall–Kier alpha value is -1.71. The first-order chi connectivity index (χ1) is 10.0. The number of aryl methyl sites for hydroxylation is 1. The summed E-state index contributed by atoms with van der Waals surface area (Å²) >= 11 is 12.3. The number of nitrogens with one attached hydrogen (secondary N) is 1. The van der Waals surface area contributed by atoms with E-state index in [1.807, 2.05) is 13.0 Å². The topological polar surface area (TPSA) is 38.3 Å². The molecule has 0 amide bonds. The zero-order chi connectivity index (χ0) is 15.4. The number of hydrogen-bond acceptors (Lipinski definition) is 3. The Labute approximate surface area is 133 Å². The molecular weight excluding hydrogens is 309 g/mol. The van der Waals surface area contributed by atoms with Gasteiger partial charge in [0.15, 0.2) is 0 Å². The lowest BCUT2D eigenvalue weighted by Gasteiger charge is -2.13. The van der Waals surface area contributed by atoms with Crippen molar-refractivity contribution in [1.82, 2.24) is 0 Å². The van der Waals surface area contributed by atoms with Gasteiger partial charge in [-0.3, -0.25) is 0 Å². The molecule has 0 radical (unpaired) electrons. The van der Waals surface area contributed by atoms with Crippen molar-refractivity contribution in [3.63, 3.8) is 0 Å². The summed E-state index contributed by atoms with van der Waals surface area (Å²) in [5, 5.41) is 4.47. The van der Waals surface area contributed by atoms with Gasteiger partial charge in [-0.05, 0) is 36.8 Å². The maximum Gasteiger partial charge on any atom is 0.337 e. The molecule has 110 valence electrons. The van der Waals surface area contributed by atoms with Gasteiger partial charge in [0, 0.05) is 27.8 Å². The summed E-state index contributed by atoms with van der Waals surface area (Å²) in [7, 11) is 1.36. The van der Waals surface area contributed by atoms with E-state index in [-0.39, 0.29) is 5.97 Å². The lowest BCUT2D eigenvalue weighted by Crippen LogP contribution is -2.06. The van der Waals surface area contributed by atoms with E-state index in [4.69, 9.17) is 27.9 Å². The molecule has 2 aromatic rings. The largest absolute Gasteiger partial charge is 0.465 e. The van der Waals surface area contributed by atoms with E-state index in [0.29, 0.717) is 22.2 Å². The molecule has 2 rings (SSSR count). The first kappa shape index (κ1) is 15.7. The third-order valence-corrected chi connectivity index (χ3v) is 3.88. The molecule has 0 saturated carbocycles. The van der Waals surface area contributed by atoms with Crippen molar-refractivity contribution in [2.75, 3.05) is 12.4 Å². The van der Waals surface area contributed by atoms with Crippen molar-refractivity contribution in [1.29, 1.82) is 0 Å². The number of methoxy groups -OCH3 is 1. The second-order valence-electron chi connectivity index (χ2n) is 4.58. The first-order valence-electron chi connectivity index (χ1n) is 6.38. The number of rotatable bonds is 4. The summed E-state index contributed by atoms with van der Waals surface area (Å²) in [6, 6.07) is 10.7. The molecule has 0 aliphatic rings. The van der Waals surface area contributed by atoms with Crippen LogP contribution in [-0.2, 0) is 11.3 Å². The number of esters is 1. The predicted octanol–water partition coefficient (Wildman–Crippen LogP) is 4.70. The van der Waals surface area contributed by atoms with E-state index in [1.54, 1.807) is 30.3 Å². The molecule has 0 aliphatic heterocycles. The van der Waals surface area contributed by atoms with Gasteiger partial charge in [-0.1, -0.05) is 35.3 Å². The Morgan fingerprint density at radius 1 is 1.19 bits per heavy atom. The molecule has 0 bridgehead atoms. The van der Waals surface area contributed by atoms with Crippen LogP contribution in [0.25, 0.3) is 0 Å². The molecule has 1 N–H and O–H groups in total. The summed E-state index contributed by atoms with van der Waals surface area (Å²) in [4.78, 5) is 11.6. The van der Waals surface area contributed by atoms with E-state index in [9.17, 15) is 4.79 Å². The van der Waals surface area contributed by atoms with Crippen LogP contribution in [0.2, 0.25) is 10.0 Å². The highest BCUT2D eigenvalue weighted by atomic mass is 35.5. The average molecular weight is 324 g/mol. The van der Waals surface area contributed by atoms with E-state index in [0.717, 1.165) is 16.8 Å². The zero-order valence-electron chi connectivity index (χ0n) is 11.7. The zero-order valence-corrected chi connectivity index (χ0v) is 13.3. The van der Waals surface area contributed by atoms with E-state index in [2.05, 4.69) is 5.32 Å². The molecule has 21 heavy (non-hydrogen) atoms. The Kier molecular flexibility index (Phi) is 5.10. The fraction of sp³-hybridized carbons (Fsp3) is 0.188. The number of hydrogen-bond donors (Lipinski definition) is 1. The highest BCUT2D eigenvalue weighted by Gasteiger charge is 2.09. The third-order valence-electron chi connectivity index (χ3n) is 3.18. The summed E-state index contributed by atoms with van der Waals surface area (Å²) in [6.45, 7) is 2.43. The smallest absolute Gasteiger partial charge is 0.337 e. The minimum Gasteiger partial charge on any atom is -0.465 e. The van der Waals surface area contributed by atoms with Crippen LogP contribution in [0.3, 0.4) is 0 Å². The Balaban J connectivity index is 2.22. The van der Waals surface area contributed by atoms with E-state index < -0.39 is 0 Å². The molecule has 2 aromatic carbocycles. The monoisotopic (exact) mass is 323 g/mol. The van der Waals surface area contributed by atoms with Crippen molar-refractivity contribution >= 4 is 34.9 Å². The molecule has 0 atom stereocenters. The second kappa shape index (κ2) is 6.83. The van der Waals surface area contributed by atoms with Gasteiger partial charge < -0.3 is 10.1 Å². The number of ether oxygens (including phenoxy) is 1. The van der Waals surface area contributed by atoms with Crippen LogP contribution in [0.15, 0.2) is 36.4 Å². The van der Waals surface area contributed by atoms with Crippen molar-refractivity contribution in [2.24, 2.45) is 0 Å². The van der Waals surface area contributed by atoms with Crippen LogP contribution in [0.1, 0.15) is 21.5 Å². The van der Waals surface area contributed by atoms with Gasteiger partial charge >= 0.3 is 5.97 Å². The Morgan fingerprint density at radius 2 is 1.86 bits per heavy atom. The highest BCUT2D eigenvalue weighted by Crippen LogP contribution is 2.26. The van der Waals surface area contributed by atoms with Gasteiger partial charge in [-0.15, -0.1) is 0 Å². The van der Waals surface area contributed by atoms with Crippen LogP contribution in [0.4, 0.5) is 5.69 Å². The van der Waals surface area contributed by atoms with Crippen LogP contribution in [0.5, 0.6) is 0 Å². The predicted molar refractivity (Wildman–Crippen MR) is 86.3 cm³/mol. The number of benzene rings is 2. The van der Waals surface area contributed by atoms with Gasteiger partial charge in [0.1, 0.15) is 0 Å². The summed E-state index contributed by atoms with van der Waals surface area (Å²) in [5.74, 6) is -0.367. The van der Waals surface area contributed by atoms with Gasteiger partial charge in [-0.25, -0.2) is 4.79 Å². The number of carbonyl (C=O) groups is 1. The van der Waals surface area contributed by atoms with E-state index >= 15 is 0 Å². The summed E-state index contributed by atoms with van der Waals surface area (Å²) in [5.41, 5.74) is 3.18. The number of anilines is 1. The number of carbonyl (C=O) groups excluding carboxylic acids is 1. The SMILES string of the molecule is COC(=O)c1ccc(C)c(NCc2c(Cl)cccc2Cl)c1. The maximum atomic E-state index is 11.6. The third kappa shape index (κ3) is 3.69. The molecular formula is C16H15Cl2NO2. The van der Waals surface area contributed by atoms with Crippen LogP contribution < -0.4 is 5.32 Å². The standard InChI is InChI=1S/C16H15Cl2NO2/c1-10-6-7-11(16(20)21-2)8-15(10)19-9-12-13(17)4-3-5-14(12)18/h3-8,19H,9H2,1-2H3. The Bertz CT molecular complexity index is 651. The minimum atomic E-state index is -0.367. The molecule has 0 unspecified atom stereocenters. The number of halogens is 2. The summed E-state index contributed by atoms with van der Waals surface area (Å²) < 4.78 is 4.72. The molecule has 0 aliphatic carbocycles. The Morgan fingerprint density at radius 3 is 2.48 bits per heavy atom. The summed E-state index contributed by atoms with van der Waals surface area (Å²) in [6.07, 6.45) is 0. The molecule has 5 heteroatoms. The van der Waals surface area contributed by atoms with Gasteiger partial charge in [0.05, 0.1) is 12.7 Å². The van der Waals surface area contributed by atoms with Crippen molar-refractivity contribution < 1.29 is 9.53 Å².